The maximum atomic E-state index is 5.94. The van der Waals surface area contributed by atoms with E-state index < -0.39 is 0 Å². The molecule has 0 aliphatic rings. The van der Waals surface area contributed by atoms with Gasteiger partial charge in [0.25, 0.3) is 0 Å². The second-order valence-electron chi connectivity index (χ2n) is 4.15. The standard InChI is InChI=1S/C13H20ClNO/c1-10(14)8-11(2)15-9-12-4-6-13(16-3)7-5-12/h4-7,10-11,15H,8-9H2,1-3H3. The average Bonchev–Trinajstić information content (AvgIpc) is 2.26. The molecule has 3 heteroatoms. The van der Waals surface area contributed by atoms with Gasteiger partial charge in [-0.3, -0.25) is 0 Å². The van der Waals surface area contributed by atoms with Gasteiger partial charge in [0, 0.05) is 18.0 Å². The molecule has 2 nitrogen and oxygen atoms in total. The summed E-state index contributed by atoms with van der Waals surface area (Å²) in [5.74, 6) is 0.895. The second kappa shape index (κ2) is 6.77. The van der Waals surface area contributed by atoms with Crippen LogP contribution in [0.5, 0.6) is 5.75 Å². The molecule has 0 aliphatic carbocycles. The van der Waals surface area contributed by atoms with Gasteiger partial charge in [-0.1, -0.05) is 12.1 Å². The van der Waals surface area contributed by atoms with Crippen molar-refractivity contribution in [3.05, 3.63) is 29.8 Å². The SMILES string of the molecule is COc1ccc(CNC(C)CC(C)Cl)cc1. The lowest BCUT2D eigenvalue weighted by molar-refractivity contribution is 0.414. The lowest BCUT2D eigenvalue weighted by Gasteiger charge is -2.15. The highest BCUT2D eigenvalue weighted by Crippen LogP contribution is 2.11. The molecule has 0 aromatic heterocycles. The van der Waals surface area contributed by atoms with Crippen LogP contribution in [-0.2, 0) is 6.54 Å². The average molecular weight is 242 g/mol. The Morgan fingerprint density at radius 1 is 1.25 bits per heavy atom. The molecule has 2 atom stereocenters. The maximum Gasteiger partial charge on any atom is 0.118 e. The second-order valence-corrected chi connectivity index (χ2v) is 4.89. The summed E-state index contributed by atoms with van der Waals surface area (Å²) in [5.41, 5.74) is 1.26. The third-order valence-electron chi connectivity index (χ3n) is 2.49. The van der Waals surface area contributed by atoms with Crippen LogP contribution in [-0.4, -0.2) is 18.5 Å². The quantitative estimate of drug-likeness (QED) is 0.773. The lowest BCUT2D eigenvalue weighted by atomic mass is 10.1. The molecule has 1 N–H and O–H groups in total. The molecular formula is C13H20ClNO. The summed E-state index contributed by atoms with van der Waals surface area (Å²) in [4.78, 5) is 0. The van der Waals surface area contributed by atoms with E-state index in [2.05, 4.69) is 24.4 Å². The Balaban J connectivity index is 2.36. The minimum absolute atomic E-state index is 0.221. The number of alkyl halides is 1. The highest BCUT2D eigenvalue weighted by atomic mass is 35.5. The number of halogens is 1. The minimum Gasteiger partial charge on any atom is -0.497 e. The molecule has 1 rings (SSSR count). The number of ether oxygens (including phenoxy) is 1. The summed E-state index contributed by atoms with van der Waals surface area (Å²) in [6.07, 6.45) is 0.984. The van der Waals surface area contributed by atoms with Crippen LogP contribution in [0.2, 0.25) is 0 Å². The van der Waals surface area contributed by atoms with Crippen LogP contribution in [0.3, 0.4) is 0 Å². The molecule has 0 amide bonds. The number of methoxy groups -OCH3 is 1. The van der Waals surface area contributed by atoms with E-state index >= 15 is 0 Å². The Morgan fingerprint density at radius 3 is 2.38 bits per heavy atom. The fraction of sp³-hybridized carbons (Fsp3) is 0.538. The highest BCUT2D eigenvalue weighted by molar-refractivity contribution is 6.20. The zero-order valence-electron chi connectivity index (χ0n) is 10.2. The first-order valence-corrected chi connectivity index (χ1v) is 6.06. The fourth-order valence-electron chi connectivity index (χ4n) is 1.61. The van der Waals surface area contributed by atoms with E-state index in [0.29, 0.717) is 6.04 Å². The van der Waals surface area contributed by atoms with E-state index in [1.54, 1.807) is 7.11 Å². The smallest absolute Gasteiger partial charge is 0.118 e. The van der Waals surface area contributed by atoms with Gasteiger partial charge in [0.2, 0.25) is 0 Å². The van der Waals surface area contributed by atoms with Gasteiger partial charge in [-0.05, 0) is 38.0 Å². The molecule has 2 unspecified atom stereocenters. The molecular weight excluding hydrogens is 222 g/mol. The summed E-state index contributed by atoms with van der Waals surface area (Å²) < 4.78 is 5.11. The molecule has 0 saturated carbocycles. The van der Waals surface area contributed by atoms with E-state index in [4.69, 9.17) is 16.3 Å². The number of nitrogens with one attached hydrogen (secondary N) is 1. The van der Waals surface area contributed by atoms with Crippen LogP contribution in [0.4, 0.5) is 0 Å². The summed E-state index contributed by atoms with van der Waals surface area (Å²) >= 11 is 5.94. The first-order chi connectivity index (χ1) is 7.61. The Kier molecular flexibility index (Phi) is 5.64. The van der Waals surface area contributed by atoms with Gasteiger partial charge in [-0.2, -0.15) is 0 Å². The fourth-order valence-corrected chi connectivity index (χ4v) is 1.87. The number of rotatable bonds is 6. The van der Waals surface area contributed by atoms with E-state index in [-0.39, 0.29) is 5.38 Å². The van der Waals surface area contributed by atoms with Crippen LogP contribution in [0.25, 0.3) is 0 Å². The monoisotopic (exact) mass is 241 g/mol. The predicted octanol–water partition coefficient (Wildman–Crippen LogP) is 3.19. The van der Waals surface area contributed by atoms with Gasteiger partial charge in [0.1, 0.15) is 5.75 Å². The Labute approximate surface area is 103 Å². The van der Waals surface area contributed by atoms with E-state index in [0.717, 1.165) is 18.7 Å². The van der Waals surface area contributed by atoms with Gasteiger partial charge in [0.15, 0.2) is 0 Å². The number of hydrogen-bond acceptors (Lipinski definition) is 2. The Morgan fingerprint density at radius 2 is 1.88 bits per heavy atom. The normalized spacial score (nSPS) is 14.5. The molecule has 0 radical (unpaired) electrons. The van der Waals surface area contributed by atoms with Gasteiger partial charge in [-0.15, -0.1) is 11.6 Å². The van der Waals surface area contributed by atoms with Gasteiger partial charge in [0.05, 0.1) is 7.11 Å². The molecule has 1 aromatic rings. The first kappa shape index (κ1) is 13.3. The number of benzene rings is 1. The highest BCUT2D eigenvalue weighted by Gasteiger charge is 2.05. The van der Waals surface area contributed by atoms with Crippen molar-refractivity contribution in [2.45, 2.75) is 38.2 Å². The van der Waals surface area contributed by atoms with Crippen molar-refractivity contribution in [3.8, 4) is 5.75 Å². The van der Waals surface area contributed by atoms with E-state index in [1.165, 1.54) is 5.56 Å². The van der Waals surface area contributed by atoms with E-state index in [9.17, 15) is 0 Å². The zero-order chi connectivity index (χ0) is 12.0. The summed E-state index contributed by atoms with van der Waals surface area (Å²) in [6, 6.07) is 8.54. The van der Waals surface area contributed by atoms with Gasteiger partial charge < -0.3 is 10.1 Å². The van der Waals surface area contributed by atoms with Crippen molar-refractivity contribution in [1.82, 2.24) is 5.32 Å². The molecule has 0 saturated heterocycles. The van der Waals surface area contributed by atoms with Crippen LogP contribution in [0.15, 0.2) is 24.3 Å². The minimum atomic E-state index is 0.221. The van der Waals surface area contributed by atoms with Crippen molar-refractivity contribution >= 4 is 11.6 Å². The summed E-state index contributed by atoms with van der Waals surface area (Å²) in [7, 11) is 1.68. The topological polar surface area (TPSA) is 21.3 Å². The molecule has 0 aliphatic heterocycles. The number of hydrogen-bond donors (Lipinski definition) is 1. The predicted molar refractivity (Wildman–Crippen MR) is 69.2 cm³/mol. The lowest BCUT2D eigenvalue weighted by Crippen LogP contribution is -2.27. The summed E-state index contributed by atoms with van der Waals surface area (Å²) in [6.45, 7) is 5.05. The molecule has 0 fully saturated rings. The van der Waals surface area contributed by atoms with Crippen LogP contribution >= 0.6 is 11.6 Å². The van der Waals surface area contributed by atoms with E-state index in [1.807, 2.05) is 19.1 Å². The Hall–Kier alpha value is -0.730. The van der Waals surface area contributed by atoms with Crippen LogP contribution < -0.4 is 10.1 Å². The molecule has 0 spiro atoms. The third-order valence-corrected chi connectivity index (χ3v) is 2.67. The van der Waals surface area contributed by atoms with Crippen molar-refractivity contribution < 1.29 is 4.74 Å². The maximum absolute atomic E-state index is 5.94. The van der Waals surface area contributed by atoms with Crippen molar-refractivity contribution in [1.29, 1.82) is 0 Å². The van der Waals surface area contributed by atoms with Gasteiger partial charge in [-0.25, -0.2) is 0 Å². The molecule has 0 bridgehead atoms. The molecule has 1 aromatic carbocycles. The molecule has 90 valence electrons. The van der Waals surface area contributed by atoms with Gasteiger partial charge >= 0.3 is 0 Å². The van der Waals surface area contributed by atoms with Crippen molar-refractivity contribution in [3.63, 3.8) is 0 Å². The van der Waals surface area contributed by atoms with Crippen molar-refractivity contribution in [2.75, 3.05) is 7.11 Å². The largest absolute Gasteiger partial charge is 0.497 e. The zero-order valence-corrected chi connectivity index (χ0v) is 10.9. The Bertz CT molecular complexity index is 297. The van der Waals surface area contributed by atoms with Crippen molar-refractivity contribution in [2.24, 2.45) is 0 Å². The third kappa shape index (κ3) is 4.86. The van der Waals surface area contributed by atoms with Crippen LogP contribution in [0, 0.1) is 0 Å². The van der Waals surface area contributed by atoms with Crippen LogP contribution in [0.1, 0.15) is 25.8 Å². The summed E-state index contributed by atoms with van der Waals surface area (Å²) in [5, 5.41) is 3.66. The first-order valence-electron chi connectivity index (χ1n) is 5.62. The molecule has 0 heterocycles. The molecule has 16 heavy (non-hydrogen) atoms.